The van der Waals surface area contributed by atoms with Crippen molar-refractivity contribution in [3.05, 3.63) is 59.7 Å². The summed E-state index contributed by atoms with van der Waals surface area (Å²) in [6.07, 6.45) is 4.41. The average molecular weight is 294 g/mol. The Bertz CT molecular complexity index is 634. The Morgan fingerprint density at radius 2 is 1.45 bits per heavy atom. The van der Waals surface area contributed by atoms with Crippen LogP contribution in [-0.4, -0.2) is 10.9 Å². The zero-order chi connectivity index (χ0) is 15.5. The number of hydrogen-bond acceptors (Lipinski definition) is 2. The summed E-state index contributed by atoms with van der Waals surface area (Å²) in [6.45, 7) is 1.58. The van der Waals surface area contributed by atoms with Crippen LogP contribution in [0.15, 0.2) is 48.5 Å². The third-order valence-corrected chi connectivity index (χ3v) is 4.72. The summed E-state index contributed by atoms with van der Waals surface area (Å²) in [4.78, 5) is 11.3. The summed E-state index contributed by atoms with van der Waals surface area (Å²) in [5, 5.41) is 10.4. The number of carbonyl (C=O) groups excluding carboxylic acids is 1. The lowest BCUT2D eigenvalue weighted by Gasteiger charge is -2.18. The number of carbonyl (C=O) groups is 1. The molecule has 2 aromatic carbocycles. The van der Waals surface area contributed by atoms with Gasteiger partial charge in [0.05, 0.1) is 6.10 Å². The zero-order valence-electron chi connectivity index (χ0n) is 13.0. The minimum Gasteiger partial charge on any atom is -0.388 e. The van der Waals surface area contributed by atoms with E-state index in [0.29, 0.717) is 5.92 Å². The van der Waals surface area contributed by atoms with E-state index < -0.39 is 0 Å². The van der Waals surface area contributed by atoms with Gasteiger partial charge in [0, 0.05) is 5.56 Å². The Hall–Kier alpha value is -1.93. The van der Waals surface area contributed by atoms with Crippen molar-refractivity contribution in [2.24, 2.45) is 5.92 Å². The SMILES string of the molecule is CC(=O)c1ccc(-c2ccc(C(O)C3CCCC3)cc2)cc1. The zero-order valence-corrected chi connectivity index (χ0v) is 13.0. The molecule has 1 saturated carbocycles. The molecule has 1 unspecified atom stereocenters. The maximum atomic E-state index is 11.3. The van der Waals surface area contributed by atoms with Gasteiger partial charge in [-0.15, -0.1) is 0 Å². The second-order valence-electron chi connectivity index (χ2n) is 6.24. The molecular weight excluding hydrogens is 272 g/mol. The molecule has 0 saturated heterocycles. The Kier molecular flexibility index (Phi) is 4.39. The molecule has 0 heterocycles. The Balaban J connectivity index is 1.77. The van der Waals surface area contributed by atoms with Crippen LogP contribution in [0.1, 0.15) is 54.6 Å². The first-order valence-electron chi connectivity index (χ1n) is 8.04. The molecule has 0 aromatic heterocycles. The second kappa shape index (κ2) is 6.45. The maximum absolute atomic E-state index is 11.3. The number of hydrogen-bond donors (Lipinski definition) is 1. The quantitative estimate of drug-likeness (QED) is 0.824. The standard InChI is InChI=1S/C20H22O2/c1-14(21)15-6-8-16(9-7-15)17-10-12-19(13-11-17)20(22)18-4-2-3-5-18/h6-13,18,20,22H,2-5H2,1H3. The number of benzene rings is 2. The highest BCUT2D eigenvalue weighted by Crippen LogP contribution is 2.36. The largest absolute Gasteiger partial charge is 0.388 e. The molecule has 0 aliphatic heterocycles. The Labute approximate surface area is 131 Å². The summed E-state index contributed by atoms with van der Waals surface area (Å²) in [6, 6.07) is 15.8. The van der Waals surface area contributed by atoms with Gasteiger partial charge in [-0.2, -0.15) is 0 Å². The van der Waals surface area contributed by atoms with Crippen LogP contribution in [-0.2, 0) is 0 Å². The smallest absolute Gasteiger partial charge is 0.159 e. The minimum atomic E-state index is -0.336. The fraction of sp³-hybridized carbons (Fsp3) is 0.350. The van der Waals surface area contributed by atoms with Crippen molar-refractivity contribution in [2.45, 2.75) is 38.7 Å². The summed E-state index contributed by atoms with van der Waals surface area (Å²) >= 11 is 0. The van der Waals surface area contributed by atoms with Crippen LogP contribution >= 0.6 is 0 Å². The minimum absolute atomic E-state index is 0.0848. The number of aliphatic hydroxyl groups excluding tert-OH is 1. The lowest BCUT2D eigenvalue weighted by Crippen LogP contribution is -2.08. The second-order valence-corrected chi connectivity index (χ2v) is 6.24. The van der Waals surface area contributed by atoms with Crippen molar-refractivity contribution in [1.82, 2.24) is 0 Å². The molecule has 0 spiro atoms. The Morgan fingerprint density at radius 3 is 1.95 bits per heavy atom. The molecule has 1 aliphatic carbocycles. The fourth-order valence-electron chi connectivity index (χ4n) is 3.32. The van der Waals surface area contributed by atoms with E-state index in [9.17, 15) is 9.90 Å². The van der Waals surface area contributed by atoms with Gasteiger partial charge in [-0.1, -0.05) is 61.4 Å². The molecule has 2 nitrogen and oxygen atoms in total. The van der Waals surface area contributed by atoms with Gasteiger partial charge >= 0.3 is 0 Å². The predicted octanol–water partition coefficient (Wildman–Crippen LogP) is 4.78. The predicted molar refractivity (Wildman–Crippen MR) is 88.8 cm³/mol. The monoisotopic (exact) mass is 294 g/mol. The first-order chi connectivity index (χ1) is 10.6. The van der Waals surface area contributed by atoms with Crippen molar-refractivity contribution in [3.8, 4) is 11.1 Å². The highest BCUT2D eigenvalue weighted by atomic mass is 16.3. The van der Waals surface area contributed by atoms with Crippen LogP contribution in [0.3, 0.4) is 0 Å². The van der Waals surface area contributed by atoms with Crippen molar-refractivity contribution in [1.29, 1.82) is 0 Å². The molecular formula is C20H22O2. The fourth-order valence-corrected chi connectivity index (χ4v) is 3.32. The highest BCUT2D eigenvalue weighted by Gasteiger charge is 2.24. The van der Waals surface area contributed by atoms with Gasteiger partial charge in [-0.3, -0.25) is 4.79 Å². The first-order valence-corrected chi connectivity index (χ1v) is 8.04. The number of ketones is 1. The van der Waals surface area contributed by atoms with Gasteiger partial charge in [-0.05, 0) is 42.4 Å². The molecule has 1 atom stereocenters. The normalized spacial score (nSPS) is 16.6. The van der Waals surface area contributed by atoms with E-state index in [-0.39, 0.29) is 11.9 Å². The van der Waals surface area contributed by atoms with Gasteiger partial charge in [0.15, 0.2) is 5.78 Å². The number of Topliss-reactive ketones (excluding diaryl/α,β-unsaturated/α-hetero) is 1. The van der Waals surface area contributed by atoms with Gasteiger partial charge < -0.3 is 5.11 Å². The van der Waals surface area contributed by atoms with E-state index in [4.69, 9.17) is 0 Å². The molecule has 2 heteroatoms. The van der Waals surface area contributed by atoms with E-state index in [1.807, 2.05) is 36.4 Å². The molecule has 1 N–H and O–H groups in total. The van der Waals surface area contributed by atoms with Crippen molar-refractivity contribution >= 4 is 5.78 Å². The topological polar surface area (TPSA) is 37.3 Å². The van der Waals surface area contributed by atoms with Crippen LogP contribution < -0.4 is 0 Å². The summed E-state index contributed by atoms with van der Waals surface area (Å²) in [7, 11) is 0. The molecule has 0 bridgehead atoms. The van der Waals surface area contributed by atoms with Crippen molar-refractivity contribution < 1.29 is 9.90 Å². The van der Waals surface area contributed by atoms with Crippen molar-refractivity contribution in [2.75, 3.05) is 0 Å². The molecule has 1 fully saturated rings. The summed E-state index contributed by atoms with van der Waals surface area (Å²) < 4.78 is 0. The van der Waals surface area contributed by atoms with E-state index >= 15 is 0 Å². The van der Waals surface area contributed by atoms with E-state index in [1.165, 1.54) is 12.8 Å². The van der Waals surface area contributed by atoms with E-state index in [0.717, 1.165) is 35.1 Å². The number of aliphatic hydroxyl groups is 1. The van der Waals surface area contributed by atoms with Gasteiger partial charge in [0.1, 0.15) is 0 Å². The third kappa shape index (κ3) is 3.12. The molecule has 3 rings (SSSR count). The van der Waals surface area contributed by atoms with Crippen LogP contribution in [0.5, 0.6) is 0 Å². The number of rotatable bonds is 4. The maximum Gasteiger partial charge on any atom is 0.159 e. The summed E-state index contributed by atoms with van der Waals surface area (Å²) in [5.41, 5.74) is 3.94. The third-order valence-electron chi connectivity index (χ3n) is 4.72. The van der Waals surface area contributed by atoms with Crippen LogP contribution in [0.2, 0.25) is 0 Å². The Morgan fingerprint density at radius 1 is 0.955 bits per heavy atom. The van der Waals surface area contributed by atoms with Gasteiger partial charge in [-0.25, -0.2) is 0 Å². The van der Waals surface area contributed by atoms with Crippen LogP contribution in [0.25, 0.3) is 11.1 Å². The van der Waals surface area contributed by atoms with E-state index in [2.05, 4.69) is 12.1 Å². The average Bonchev–Trinajstić information content (AvgIpc) is 3.09. The molecule has 0 amide bonds. The molecule has 1 aliphatic rings. The van der Waals surface area contributed by atoms with E-state index in [1.54, 1.807) is 6.92 Å². The molecule has 114 valence electrons. The van der Waals surface area contributed by atoms with Gasteiger partial charge in [0.25, 0.3) is 0 Å². The summed E-state index contributed by atoms with van der Waals surface area (Å²) in [5.74, 6) is 0.502. The highest BCUT2D eigenvalue weighted by molar-refractivity contribution is 5.94. The first kappa shape index (κ1) is 15.0. The lowest BCUT2D eigenvalue weighted by atomic mass is 9.93. The van der Waals surface area contributed by atoms with Crippen molar-refractivity contribution in [3.63, 3.8) is 0 Å². The molecule has 0 radical (unpaired) electrons. The molecule has 2 aromatic rings. The van der Waals surface area contributed by atoms with Crippen LogP contribution in [0, 0.1) is 5.92 Å². The molecule has 22 heavy (non-hydrogen) atoms. The van der Waals surface area contributed by atoms with Gasteiger partial charge in [0.2, 0.25) is 0 Å². The lowest BCUT2D eigenvalue weighted by molar-refractivity contribution is 0.101. The van der Waals surface area contributed by atoms with Crippen LogP contribution in [0.4, 0.5) is 0 Å².